The summed E-state index contributed by atoms with van der Waals surface area (Å²) < 4.78 is 25.3. The standard InChI is InChI=1S/C11H12IN3O2S/c1-8-14-11(18(13,16)17)7-15(8)6-9-2-4-10(12)5-3-9/h2-5,7H,6H2,1H3,(H2,13,16,17). The van der Waals surface area contributed by atoms with Crippen molar-refractivity contribution >= 4 is 32.6 Å². The number of primary sulfonamides is 1. The molecule has 0 aliphatic heterocycles. The van der Waals surface area contributed by atoms with Crippen molar-refractivity contribution in [1.82, 2.24) is 9.55 Å². The number of imidazole rings is 1. The fourth-order valence-corrected chi connectivity index (χ4v) is 2.46. The Hall–Kier alpha value is -0.930. The van der Waals surface area contributed by atoms with Gasteiger partial charge in [0.2, 0.25) is 0 Å². The molecule has 0 saturated heterocycles. The first-order valence-corrected chi connectivity index (χ1v) is 7.80. The molecule has 1 aromatic heterocycles. The number of hydrogen-bond donors (Lipinski definition) is 1. The molecular formula is C11H12IN3O2S. The van der Waals surface area contributed by atoms with Crippen LogP contribution in [-0.2, 0) is 16.6 Å². The van der Waals surface area contributed by atoms with Gasteiger partial charge in [-0.1, -0.05) is 12.1 Å². The van der Waals surface area contributed by atoms with Crippen molar-refractivity contribution in [1.29, 1.82) is 0 Å². The van der Waals surface area contributed by atoms with Crippen LogP contribution in [-0.4, -0.2) is 18.0 Å². The van der Waals surface area contributed by atoms with Gasteiger partial charge in [0.1, 0.15) is 5.82 Å². The van der Waals surface area contributed by atoms with Crippen LogP contribution in [0.1, 0.15) is 11.4 Å². The summed E-state index contributed by atoms with van der Waals surface area (Å²) in [6.45, 7) is 2.33. The van der Waals surface area contributed by atoms with E-state index in [-0.39, 0.29) is 5.03 Å². The summed E-state index contributed by atoms with van der Waals surface area (Å²) in [5.74, 6) is 0.623. The first-order valence-electron chi connectivity index (χ1n) is 5.17. The van der Waals surface area contributed by atoms with Gasteiger partial charge >= 0.3 is 0 Å². The number of benzene rings is 1. The third kappa shape index (κ3) is 3.09. The van der Waals surface area contributed by atoms with E-state index >= 15 is 0 Å². The third-order valence-electron chi connectivity index (χ3n) is 2.51. The van der Waals surface area contributed by atoms with E-state index in [9.17, 15) is 8.42 Å². The number of rotatable bonds is 3. The van der Waals surface area contributed by atoms with Crippen LogP contribution in [0.3, 0.4) is 0 Å². The van der Waals surface area contributed by atoms with E-state index in [0.717, 1.165) is 9.13 Å². The largest absolute Gasteiger partial charge is 0.329 e. The Labute approximate surface area is 119 Å². The summed E-state index contributed by atoms with van der Waals surface area (Å²) in [4.78, 5) is 3.94. The predicted molar refractivity (Wildman–Crippen MR) is 76.6 cm³/mol. The minimum Gasteiger partial charge on any atom is -0.329 e. The smallest absolute Gasteiger partial charge is 0.257 e. The number of sulfonamides is 1. The molecule has 1 heterocycles. The molecule has 0 atom stereocenters. The molecule has 0 unspecified atom stereocenters. The maximum Gasteiger partial charge on any atom is 0.257 e. The van der Waals surface area contributed by atoms with E-state index in [1.165, 1.54) is 6.20 Å². The summed E-state index contributed by atoms with van der Waals surface area (Å²) in [6.07, 6.45) is 1.46. The van der Waals surface area contributed by atoms with Crippen LogP contribution >= 0.6 is 22.6 Å². The maximum atomic E-state index is 11.2. The van der Waals surface area contributed by atoms with Crippen LogP contribution in [0.2, 0.25) is 0 Å². The van der Waals surface area contributed by atoms with Crippen molar-refractivity contribution in [3.8, 4) is 0 Å². The molecule has 0 spiro atoms. The third-order valence-corrected chi connectivity index (χ3v) is 4.01. The van der Waals surface area contributed by atoms with Gasteiger partial charge in [-0.25, -0.2) is 18.5 Å². The second kappa shape index (κ2) is 4.98. The number of halogens is 1. The van der Waals surface area contributed by atoms with Gasteiger partial charge in [-0.15, -0.1) is 0 Å². The number of aromatic nitrogens is 2. The van der Waals surface area contributed by atoms with Crippen molar-refractivity contribution in [3.05, 3.63) is 45.4 Å². The zero-order chi connectivity index (χ0) is 13.3. The average Bonchev–Trinajstić information content (AvgIpc) is 2.63. The molecule has 0 aliphatic carbocycles. The lowest BCUT2D eigenvalue weighted by Gasteiger charge is -2.04. The van der Waals surface area contributed by atoms with E-state index in [2.05, 4.69) is 27.6 Å². The summed E-state index contributed by atoms with van der Waals surface area (Å²) in [5.41, 5.74) is 1.08. The highest BCUT2D eigenvalue weighted by Crippen LogP contribution is 2.12. The normalized spacial score (nSPS) is 11.7. The Kier molecular flexibility index (Phi) is 3.74. The monoisotopic (exact) mass is 377 g/mol. The van der Waals surface area contributed by atoms with Gasteiger partial charge in [0.25, 0.3) is 10.0 Å². The second-order valence-corrected chi connectivity index (χ2v) is 6.68. The SMILES string of the molecule is Cc1nc(S(N)(=O)=O)cn1Cc1ccc(I)cc1. The minimum absolute atomic E-state index is 0.0921. The Balaban J connectivity index is 2.30. The lowest BCUT2D eigenvalue weighted by atomic mass is 10.2. The zero-order valence-electron chi connectivity index (χ0n) is 9.67. The molecule has 0 aliphatic rings. The molecule has 0 saturated carbocycles. The fraction of sp³-hybridized carbons (Fsp3) is 0.182. The van der Waals surface area contributed by atoms with E-state index in [1.54, 1.807) is 11.5 Å². The van der Waals surface area contributed by atoms with E-state index in [1.807, 2.05) is 24.3 Å². The average molecular weight is 377 g/mol. The van der Waals surface area contributed by atoms with Crippen molar-refractivity contribution in [2.45, 2.75) is 18.5 Å². The number of aryl methyl sites for hydroxylation is 1. The summed E-state index contributed by atoms with van der Waals surface area (Å²) in [7, 11) is -3.74. The van der Waals surface area contributed by atoms with Crippen LogP contribution in [0.15, 0.2) is 35.5 Å². The molecule has 2 aromatic rings. The van der Waals surface area contributed by atoms with E-state index < -0.39 is 10.0 Å². The van der Waals surface area contributed by atoms with Gasteiger partial charge < -0.3 is 4.57 Å². The Morgan fingerprint density at radius 2 is 1.94 bits per heavy atom. The fourth-order valence-electron chi connectivity index (χ4n) is 1.56. The highest BCUT2D eigenvalue weighted by molar-refractivity contribution is 14.1. The molecule has 96 valence electrons. The van der Waals surface area contributed by atoms with E-state index in [4.69, 9.17) is 5.14 Å². The van der Waals surface area contributed by atoms with Crippen LogP contribution in [0.4, 0.5) is 0 Å². The molecule has 2 rings (SSSR count). The highest BCUT2D eigenvalue weighted by atomic mass is 127. The van der Waals surface area contributed by atoms with Gasteiger partial charge in [0.05, 0.1) is 0 Å². The molecule has 0 radical (unpaired) electrons. The van der Waals surface area contributed by atoms with Crippen molar-refractivity contribution in [2.24, 2.45) is 5.14 Å². The number of nitrogens with two attached hydrogens (primary N) is 1. The summed E-state index contributed by atoms with van der Waals surface area (Å²) in [5, 5.41) is 4.96. The summed E-state index contributed by atoms with van der Waals surface area (Å²) in [6, 6.07) is 8.00. The molecule has 5 nitrogen and oxygen atoms in total. The van der Waals surface area contributed by atoms with Gasteiger partial charge in [-0.05, 0) is 47.2 Å². The van der Waals surface area contributed by atoms with Crippen molar-refractivity contribution < 1.29 is 8.42 Å². The van der Waals surface area contributed by atoms with Crippen molar-refractivity contribution in [2.75, 3.05) is 0 Å². The number of hydrogen-bond acceptors (Lipinski definition) is 3. The van der Waals surface area contributed by atoms with E-state index in [0.29, 0.717) is 12.4 Å². The van der Waals surface area contributed by atoms with Crippen LogP contribution in [0.5, 0.6) is 0 Å². The summed E-state index contributed by atoms with van der Waals surface area (Å²) >= 11 is 2.23. The Bertz CT molecular complexity index is 662. The molecule has 18 heavy (non-hydrogen) atoms. The zero-order valence-corrected chi connectivity index (χ0v) is 12.6. The van der Waals surface area contributed by atoms with Crippen LogP contribution < -0.4 is 5.14 Å². The lowest BCUT2D eigenvalue weighted by molar-refractivity contribution is 0.594. The van der Waals surface area contributed by atoms with Crippen LogP contribution in [0, 0.1) is 10.5 Å². The van der Waals surface area contributed by atoms with Gasteiger partial charge in [0.15, 0.2) is 5.03 Å². The van der Waals surface area contributed by atoms with Gasteiger partial charge in [0, 0.05) is 16.3 Å². The van der Waals surface area contributed by atoms with Gasteiger partial charge in [-0.3, -0.25) is 0 Å². The first kappa shape index (κ1) is 13.5. The van der Waals surface area contributed by atoms with Crippen LogP contribution in [0.25, 0.3) is 0 Å². The number of nitrogens with zero attached hydrogens (tertiary/aromatic N) is 2. The van der Waals surface area contributed by atoms with Gasteiger partial charge in [-0.2, -0.15) is 0 Å². The first-order chi connectivity index (χ1) is 8.36. The lowest BCUT2D eigenvalue weighted by Crippen LogP contribution is -2.12. The maximum absolute atomic E-state index is 11.2. The quantitative estimate of drug-likeness (QED) is 0.824. The highest BCUT2D eigenvalue weighted by Gasteiger charge is 2.14. The van der Waals surface area contributed by atoms with Crippen molar-refractivity contribution in [3.63, 3.8) is 0 Å². The molecule has 2 N–H and O–H groups in total. The molecule has 0 bridgehead atoms. The predicted octanol–water partition coefficient (Wildman–Crippen LogP) is 1.49. The minimum atomic E-state index is -3.74. The Morgan fingerprint density at radius 3 is 2.44 bits per heavy atom. The molecular weight excluding hydrogens is 365 g/mol. The molecule has 0 amide bonds. The Morgan fingerprint density at radius 1 is 1.33 bits per heavy atom. The topological polar surface area (TPSA) is 78.0 Å². The molecule has 0 fully saturated rings. The molecule has 1 aromatic carbocycles. The molecule has 7 heteroatoms. The second-order valence-electron chi connectivity index (χ2n) is 3.93.